The quantitative estimate of drug-likeness (QED) is 0.322. The predicted molar refractivity (Wildman–Crippen MR) is 128 cm³/mol. The van der Waals surface area contributed by atoms with Gasteiger partial charge >= 0.3 is 0 Å². The zero-order valence-corrected chi connectivity index (χ0v) is 18.1. The molecule has 5 aromatic heterocycles. The number of fused-ring (bicyclic) bond motifs is 1. The first-order valence-electron chi connectivity index (χ1n) is 10.1. The Hall–Kier alpha value is -3.77. The van der Waals surface area contributed by atoms with Crippen LogP contribution in [0, 0.1) is 6.92 Å². The Morgan fingerprint density at radius 1 is 1.10 bits per heavy atom. The van der Waals surface area contributed by atoms with Gasteiger partial charge in [0.15, 0.2) is 0 Å². The molecule has 0 atom stereocenters. The molecule has 152 valence electrons. The zero-order valence-electron chi connectivity index (χ0n) is 17.3. The molecule has 0 aliphatic heterocycles. The van der Waals surface area contributed by atoms with Crippen molar-refractivity contribution in [3.63, 3.8) is 0 Å². The van der Waals surface area contributed by atoms with Crippen molar-refractivity contribution < 1.29 is 0 Å². The number of aromatic nitrogens is 5. The number of allylic oxidation sites excluding steroid dienone is 3. The van der Waals surface area contributed by atoms with E-state index in [2.05, 4.69) is 62.1 Å². The highest BCUT2D eigenvalue weighted by Crippen LogP contribution is 2.33. The molecule has 0 bridgehead atoms. The van der Waals surface area contributed by atoms with E-state index in [-0.39, 0.29) is 0 Å². The summed E-state index contributed by atoms with van der Waals surface area (Å²) in [5, 5.41) is 12.0. The smallest absolute Gasteiger partial charge is 0.135 e. The molecule has 5 nitrogen and oxygen atoms in total. The van der Waals surface area contributed by atoms with Gasteiger partial charge in [0.1, 0.15) is 11.2 Å². The van der Waals surface area contributed by atoms with Gasteiger partial charge < -0.3 is 4.98 Å². The average molecular weight is 424 g/mol. The summed E-state index contributed by atoms with van der Waals surface area (Å²) in [7, 11) is 0. The lowest BCUT2D eigenvalue weighted by atomic mass is 10.00. The Morgan fingerprint density at radius 3 is 2.74 bits per heavy atom. The Balaban J connectivity index is 1.62. The molecule has 0 fully saturated rings. The third kappa shape index (κ3) is 3.62. The number of H-pyrrole nitrogens is 2. The SMILES string of the molecule is C/C=C\C=C(\c1ccsc1)c1cc(-c2n[nH]c3ccc(-c4ccncc4)nc23)[nH]c1C. The molecule has 31 heavy (non-hydrogen) atoms. The van der Waals surface area contributed by atoms with Crippen LogP contribution >= 0.6 is 11.3 Å². The molecule has 0 radical (unpaired) electrons. The third-order valence-electron chi connectivity index (χ3n) is 5.23. The van der Waals surface area contributed by atoms with Gasteiger partial charge in [0, 0.05) is 29.2 Å². The molecule has 0 spiro atoms. The number of nitrogens with one attached hydrogen (secondary N) is 2. The van der Waals surface area contributed by atoms with Gasteiger partial charge in [-0.2, -0.15) is 16.4 Å². The average Bonchev–Trinajstić information content (AvgIpc) is 3.55. The van der Waals surface area contributed by atoms with E-state index in [0.29, 0.717) is 0 Å². The van der Waals surface area contributed by atoms with Gasteiger partial charge in [-0.25, -0.2) is 4.98 Å². The van der Waals surface area contributed by atoms with E-state index >= 15 is 0 Å². The van der Waals surface area contributed by atoms with Crippen molar-refractivity contribution >= 4 is 27.9 Å². The van der Waals surface area contributed by atoms with Crippen molar-refractivity contribution in [2.75, 3.05) is 0 Å². The molecule has 0 unspecified atom stereocenters. The Labute approximate surface area is 184 Å². The molecule has 0 aliphatic rings. The van der Waals surface area contributed by atoms with Gasteiger partial charge in [-0.15, -0.1) is 0 Å². The van der Waals surface area contributed by atoms with Crippen LogP contribution in [0.15, 0.2) is 77.8 Å². The molecule has 5 aromatic rings. The summed E-state index contributed by atoms with van der Waals surface area (Å²) >= 11 is 1.70. The monoisotopic (exact) mass is 423 g/mol. The summed E-state index contributed by atoms with van der Waals surface area (Å²) in [6.07, 6.45) is 9.83. The highest BCUT2D eigenvalue weighted by Gasteiger charge is 2.17. The van der Waals surface area contributed by atoms with Crippen molar-refractivity contribution in [3.05, 3.63) is 94.6 Å². The minimum Gasteiger partial charge on any atom is -0.357 e. The summed E-state index contributed by atoms with van der Waals surface area (Å²) in [5.41, 5.74) is 10.1. The number of hydrogen-bond acceptors (Lipinski definition) is 4. The maximum Gasteiger partial charge on any atom is 0.135 e. The van der Waals surface area contributed by atoms with Gasteiger partial charge in [-0.05, 0) is 72.1 Å². The zero-order chi connectivity index (χ0) is 21.2. The Kier molecular flexibility index (Phi) is 5.06. The van der Waals surface area contributed by atoms with Crippen molar-refractivity contribution in [2.24, 2.45) is 0 Å². The first-order valence-corrected chi connectivity index (χ1v) is 11.0. The summed E-state index contributed by atoms with van der Waals surface area (Å²) in [4.78, 5) is 12.5. The maximum absolute atomic E-state index is 4.90. The van der Waals surface area contributed by atoms with E-state index in [4.69, 9.17) is 4.98 Å². The minimum absolute atomic E-state index is 0.816. The van der Waals surface area contributed by atoms with Crippen molar-refractivity contribution in [3.8, 4) is 22.6 Å². The van der Waals surface area contributed by atoms with E-state index in [1.807, 2.05) is 37.3 Å². The topological polar surface area (TPSA) is 70.2 Å². The normalized spacial score (nSPS) is 12.3. The summed E-state index contributed by atoms with van der Waals surface area (Å²) in [6, 6.07) is 12.3. The lowest BCUT2D eigenvalue weighted by molar-refractivity contribution is 1.11. The van der Waals surface area contributed by atoms with E-state index in [1.54, 1.807) is 23.7 Å². The molecular formula is C25H21N5S. The van der Waals surface area contributed by atoms with E-state index in [9.17, 15) is 0 Å². The van der Waals surface area contributed by atoms with Crippen LogP contribution < -0.4 is 0 Å². The molecule has 0 saturated heterocycles. The van der Waals surface area contributed by atoms with Crippen LogP contribution in [0.1, 0.15) is 23.7 Å². The molecule has 5 rings (SSSR count). The third-order valence-corrected chi connectivity index (χ3v) is 5.91. The van der Waals surface area contributed by atoms with Crippen LogP contribution in [0.25, 0.3) is 39.3 Å². The number of nitrogens with zero attached hydrogens (tertiary/aromatic N) is 3. The van der Waals surface area contributed by atoms with E-state index in [1.165, 1.54) is 11.1 Å². The Morgan fingerprint density at radius 2 is 1.97 bits per heavy atom. The largest absolute Gasteiger partial charge is 0.357 e. The Bertz CT molecular complexity index is 1390. The first kappa shape index (κ1) is 19.2. The second-order valence-corrected chi connectivity index (χ2v) is 8.02. The lowest BCUT2D eigenvalue weighted by Gasteiger charge is -2.04. The molecular weight excluding hydrogens is 402 g/mol. The fraction of sp³-hybridized carbons (Fsp3) is 0.0800. The van der Waals surface area contributed by atoms with Crippen LogP contribution in [-0.2, 0) is 0 Å². The molecule has 2 N–H and O–H groups in total. The number of thiophene rings is 1. The van der Waals surface area contributed by atoms with Gasteiger partial charge in [-0.3, -0.25) is 10.1 Å². The van der Waals surface area contributed by atoms with Crippen LogP contribution in [0.2, 0.25) is 0 Å². The van der Waals surface area contributed by atoms with Crippen LogP contribution in [0.5, 0.6) is 0 Å². The minimum atomic E-state index is 0.816. The highest BCUT2D eigenvalue weighted by molar-refractivity contribution is 7.08. The molecule has 6 heteroatoms. The number of aromatic amines is 2. The van der Waals surface area contributed by atoms with Crippen molar-refractivity contribution in [1.29, 1.82) is 0 Å². The lowest BCUT2D eigenvalue weighted by Crippen LogP contribution is -1.86. The summed E-state index contributed by atoms with van der Waals surface area (Å²) < 4.78 is 0. The molecule has 0 amide bonds. The van der Waals surface area contributed by atoms with Gasteiger partial charge in [0.05, 0.1) is 16.9 Å². The van der Waals surface area contributed by atoms with Crippen molar-refractivity contribution in [2.45, 2.75) is 13.8 Å². The van der Waals surface area contributed by atoms with Gasteiger partial charge in [0.25, 0.3) is 0 Å². The van der Waals surface area contributed by atoms with Crippen LogP contribution in [-0.4, -0.2) is 25.1 Å². The number of hydrogen-bond donors (Lipinski definition) is 2. The van der Waals surface area contributed by atoms with E-state index < -0.39 is 0 Å². The first-order chi connectivity index (χ1) is 15.2. The summed E-state index contributed by atoms with van der Waals surface area (Å²) in [6.45, 7) is 4.12. The molecule has 5 heterocycles. The van der Waals surface area contributed by atoms with Crippen LogP contribution in [0.4, 0.5) is 0 Å². The number of pyridine rings is 2. The number of rotatable bonds is 5. The molecule has 0 aliphatic carbocycles. The second-order valence-electron chi connectivity index (χ2n) is 7.24. The summed E-state index contributed by atoms with van der Waals surface area (Å²) in [5.74, 6) is 0. The number of aryl methyl sites for hydroxylation is 1. The standard InChI is InChI=1S/C25H21N5S/c1-3-4-5-19(18-10-13-31-15-18)20-14-23(27-16(20)2)25-24-22(29-30-25)7-6-21(28-24)17-8-11-26-12-9-17/h3-15,27H,1-2H3,(H,29,30)/b4-3-,19-5-. The molecule has 0 aromatic carbocycles. The predicted octanol–water partition coefficient (Wildman–Crippen LogP) is 6.39. The van der Waals surface area contributed by atoms with Crippen LogP contribution in [0.3, 0.4) is 0 Å². The highest BCUT2D eigenvalue weighted by atomic mass is 32.1. The van der Waals surface area contributed by atoms with E-state index in [0.717, 1.165) is 44.9 Å². The van der Waals surface area contributed by atoms with Gasteiger partial charge in [0.2, 0.25) is 0 Å². The fourth-order valence-corrected chi connectivity index (χ4v) is 4.34. The van der Waals surface area contributed by atoms with Crippen molar-refractivity contribution in [1.82, 2.24) is 25.1 Å². The van der Waals surface area contributed by atoms with Gasteiger partial charge in [-0.1, -0.05) is 18.2 Å². The fourth-order valence-electron chi connectivity index (χ4n) is 3.69. The second kappa shape index (κ2) is 8.16. The molecule has 0 saturated carbocycles. The maximum atomic E-state index is 4.90.